The van der Waals surface area contributed by atoms with E-state index in [9.17, 15) is 4.39 Å². The Morgan fingerprint density at radius 2 is 2.06 bits per heavy atom. The lowest BCUT2D eigenvalue weighted by Crippen LogP contribution is -2.00. The normalized spacial score (nSPS) is 10.9. The third-order valence-corrected chi connectivity index (χ3v) is 3.22. The van der Waals surface area contributed by atoms with Crippen LogP contribution in [0.2, 0.25) is 0 Å². The zero-order valence-electron chi connectivity index (χ0n) is 11.0. The molecule has 0 spiro atoms. The quantitative estimate of drug-likeness (QED) is 0.906. The Labute approximate surface area is 106 Å². The lowest BCUT2D eigenvalue weighted by Gasteiger charge is -2.07. The molecule has 0 unspecified atom stereocenters. The van der Waals surface area contributed by atoms with Crippen molar-refractivity contribution in [2.45, 2.75) is 33.9 Å². The monoisotopic (exact) mass is 247 g/mol. The number of nitrogens with two attached hydrogens (primary N) is 1. The van der Waals surface area contributed by atoms with Crippen LogP contribution in [-0.2, 0) is 13.1 Å². The van der Waals surface area contributed by atoms with Gasteiger partial charge in [0.2, 0.25) is 0 Å². The van der Waals surface area contributed by atoms with Crippen molar-refractivity contribution in [2.24, 2.45) is 5.73 Å². The van der Waals surface area contributed by atoms with Gasteiger partial charge in [0.1, 0.15) is 5.82 Å². The summed E-state index contributed by atoms with van der Waals surface area (Å²) in [4.78, 5) is 0. The van der Waals surface area contributed by atoms with Crippen molar-refractivity contribution in [3.63, 3.8) is 0 Å². The summed E-state index contributed by atoms with van der Waals surface area (Å²) < 4.78 is 15.9. The summed E-state index contributed by atoms with van der Waals surface area (Å²) in [5, 5.41) is 4.42. The molecule has 0 bridgehead atoms. The van der Waals surface area contributed by atoms with Crippen molar-refractivity contribution in [1.82, 2.24) is 9.78 Å². The first-order chi connectivity index (χ1) is 8.58. The lowest BCUT2D eigenvalue weighted by atomic mass is 10.0. The predicted molar refractivity (Wildman–Crippen MR) is 70.7 cm³/mol. The molecule has 96 valence electrons. The summed E-state index contributed by atoms with van der Waals surface area (Å²) in [6, 6.07) is 5.00. The number of aryl methyl sites for hydroxylation is 2. The number of nitrogens with zero attached hydrogens (tertiary/aromatic N) is 2. The first-order valence-corrected chi connectivity index (χ1v) is 6.11. The van der Waals surface area contributed by atoms with Crippen LogP contribution in [-0.4, -0.2) is 9.78 Å². The minimum absolute atomic E-state index is 0.228. The van der Waals surface area contributed by atoms with Crippen molar-refractivity contribution in [3.05, 3.63) is 41.0 Å². The zero-order chi connectivity index (χ0) is 13.3. The molecule has 0 amide bonds. The SMILES string of the molecule is CCn1nc(C)c(-c2cc(CN)ccc2F)c1C. The highest BCUT2D eigenvalue weighted by Gasteiger charge is 2.16. The Balaban J connectivity index is 2.64. The molecule has 2 N–H and O–H groups in total. The first kappa shape index (κ1) is 12.8. The molecule has 18 heavy (non-hydrogen) atoms. The van der Waals surface area contributed by atoms with Gasteiger partial charge in [-0.3, -0.25) is 4.68 Å². The highest BCUT2D eigenvalue weighted by molar-refractivity contribution is 5.69. The van der Waals surface area contributed by atoms with Crippen LogP contribution in [0, 0.1) is 19.7 Å². The predicted octanol–water partition coefficient (Wildman–Crippen LogP) is 2.78. The van der Waals surface area contributed by atoms with Crippen molar-refractivity contribution in [1.29, 1.82) is 0 Å². The first-order valence-electron chi connectivity index (χ1n) is 6.11. The van der Waals surface area contributed by atoms with E-state index >= 15 is 0 Å². The minimum Gasteiger partial charge on any atom is -0.326 e. The number of hydrogen-bond acceptors (Lipinski definition) is 2. The molecule has 2 rings (SSSR count). The summed E-state index contributed by atoms with van der Waals surface area (Å²) in [5.41, 5.74) is 9.84. The van der Waals surface area contributed by atoms with E-state index in [1.807, 2.05) is 31.5 Å². The maximum Gasteiger partial charge on any atom is 0.131 e. The fraction of sp³-hybridized carbons (Fsp3) is 0.357. The Morgan fingerprint density at radius 1 is 1.33 bits per heavy atom. The van der Waals surface area contributed by atoms with E-state index in [-0.39, 0.29) is 5.82 Å². The molecule has 0 atom stereocenters. The number of aromatic nitrogens is 2. The maximum absolute atomic E-state index is 14.0. The molecule has 2 aromatic rings. The van der Waals surface area contributed by atoms with Crippen LogP contribution in [0.4, 0.5) is 4.39 Å². The van der Waals surface area contributed by atoms with E-state index < -0.39 is 0 Å². The second kappa shape index (κ2) is 4.90. The molecular formula is C14H18FN3. The molecular weight excluding hydrogens is 229 g/mol. The highest BCUT2D eigenvalue weighted by Crippen LogP contribution is 2.30. The van der Waals surface area contributed by atoms with Crippen molar-refractivity contribution >= 4 is 0 Å². The van der Waals surface area contributed by atoms with Gasteiger partial charge in [0.15, 0.2) is 0 Å². The van der Waals surface area contributed by atoms with E-state index in [1.165, 1.54) is 6.07 Å². The van der Waals surface area contributed by atoms with Crippen LogP contribution in [0.1, 0.15) is 23.9 Å². The van der Waals surface area contributed by atoms with Crippen LogP contribution in [0.15, 0.2) is 18.2 Å². The van der Waals surface area contributed by atoms with Crippen LogP contribution in [0.25, 0.3) is 11.1 Å². The summed E-state index contributed by atoms with van der Waals surface area (Å²) in [5.74, 6) is -0.228. The molecule has 0 fully saturated rings. The largest absolute Gasteiger partial charge is 0.326 e. The Kier molecular flexibility index (Phi) is 3.48. The molecule has 0 radical (unpaired) electrons. The number of benzene rings is 1. The van der Waals surface area contributed by atoms with Gasteiger partial charge in [-0.25, -0.2) is 4.39 Å². The van der Waals surface area contributed by atoms with E-state index in [0.717, 1.165) is 29.1 Å². The van der Waals surface area contributed by atoms with Crippen LogP contribution in [0.5, 0.6) is 0 Å². The highest BCUT2D eigenvalue weighted by atomic mass is 19.1. The fourth-order valence-electron chi connectivity index (χ4n) is 2.29. The van der Waals surface area contributed by atoms with E-state index in [0.29, 0.717) is 12.1 Å². The summed E-state index contributed by atoms with van der Waals surface area (Å²) in [6.45, 7) is 7.09. The van der Waals surface area contributed by atoms with E-state index in [1.54, 1.807) is 6.07 Å². The van der Waals surface area contributed by atoms with Gasteiger partial charge in [-0.15, -0.1) is 0 Å². The second-order valence-corrected chi connectivity index (χ2v) is 4.38. The van der Waals surface area contributed by atoms with Gasteiger partial charge in [0.05, 0.1) is 5.69 Å². The molecule has 3 nitrogen and oxygen atoms in total. The molecule has 0 saturated heterocycles. The van der Waals surface area contributed by atoms with Crippen LogP contribution < -0.4 is 5.73 Å². The Hall–Kier alpha value is -1.68. The van der Waals surface area contributed by atoms with Gasteiger partial charge in [0, 0.05) is 29.9 Å². The van der Waals surface area contributed by atoms with E-state index in [4.69, 9.17) is 5.73 Å². The van der Waals surface area contributed by atoms with Crippen molar-refractivity contribution in [2.75, 3.05) is 0 Å². The number of rotatable bonds is 3. The summed E-state index contributed by atoms with van der Waals surface area (Å²) in [6.07, 6.45) is 0. The molecule has 1 heterocycles. The van der Waals surface area contributed by atoms with Gasteiger partial charge >= 0.3 is 0 Å². The minimum atomic E-state index is -0.228. The van der Waals surface area contributed by atoms with Gasteiger partial charge < -0.3 is 5.73 Å². The number of hydrogen-bond donors (Lipinski definition) is 1. The lowest BCUT2D eigenvalue weighted by molar-refractivity contribution is 0.628. The van der Waals surface area contributed by atoms with Crippen molar-refractivity contribution < 1.29 is 4.39 Å². The van der Waals surface area contributed by atoms with Gasteiger partial charge in [-0.05, 0) is 38.5 Å². The molecule has 1 aromatic heterocycles. The summed E-state index contributed by atoms with van der Waals surface area (Å²) >= 11 is 0. The molecule has 1 aromatic carbocycles. The summed E-state index contributed by atoms with van der Waals surface area (Å²) in [7, 11) is 0. The third-order valence-electron chi connectivity index (χ3n) is 3.22. The zero-order valence-corrected chi connectivity index (χ0v) is 11.0. The van der Waals surface area contributed by atoms with Crippen molar-refractivity contribution in [3.8, 4) is 11.1 Å². The second-order valence-electron chi connectivity index (χ2n) is 4.38. The topological polar surface area (TPSA) is 43.8 Å². The molecule has 0 saturated carbocycles. The van der Waals surface area contributed by atoms with E-state index in [2.05, 4.69) is 5.10 Å². The Morgan fingerprint density at radius 3 is 2.61 bits per heavy atom. The maximum atomic E-state index is 14.0. The van der Waals surface area contributed by atoms with Crippen LogP contribution >= 0.6 is 0 Å². The standard InChI is InChI=1S/C14H18FN3/c1-4-18-10(3)14(9(2)17-18)12-7-11(8-16)5-6-13(12)15/h5-7H,4,8,16H2,1-3H3. The average Bonchev–Trinajstić information content (AvgIpc) is 2.65. The van der Waals surface area contributed by atoms with Gasteiger partial charge in [-0.2, -0.15) is 5.10 Å². The third kappa shape index (κ3) is 2.04. The average molecular weight is 247 g/mol. The van der Waals surface area contributed by atoms with Gasteiger partial charge in [-0.1, -0.05) is 6.07 Å². The van der Waals surface area contributed by atoms with Crippen LogP contribution in [0.3, 0.4) is 0 Å². The smallest absolute Gasteiger partial charge is 0.131 e. The van der Waals surface area contributed by atoms with Gasteiger partial charge in [0.25, 0.3) is 0 Å². The number of halogens is 1. The Bertz CT molecular complexity index is 573. The molecule has 0 aliphatic rings. The fourth-order valence-corrected chi connectivity index (χ4v) is 2.29. The molecule has 0 aliphatic heterocycles. The molecule has 4 heteroatoms. The molecule has 0 aliphatic carbocycles.